The van der Waals surface area contributed by atoms with Crippen molar-refractivity contribution >= 4 is 5.78 Å². The number of aryl methyl sites for hydroxylation is 2. The summed E-state index contributed by atoms with van der Waals surface area (Å²) in [5, 5.41) is 0. The van der Waals surface area contributed by atoms with Crippen LogP contribution in [0.3, 0.4) is 0 Å². The topological polar surface area (TPSA) is 34.9 Å². The summed E-state index contributed by atoms with van der Waals surface area (Å²) in [6, 6.07) is 0. The lowest BCUT2D eigenvalue weighted by atomic mass is 10.0. The number of Topliss-reactive ketones (excluding diaryl/α,β-unsaturated/α-hetero) is 1. The van der Waals surface area contributed by atoms with Crippen molar-refractivity contribution in [1.82, 2.24) is 9.55 Å². The van der Waals surface area contributed by atoms with Crippen molar-refractivity contribution in [3.05, 3.63) is 17.2 Å². The molecule has 0 unspecified atom stereocenters. The molecule has 1 heterocycles. The molecule has 0 bridgehead atoms. The summed E-state index contributed by atoms with van der Waals surface area (Å²) in [6.45, 7) is 4.80. The summed E-state index contributed by atoms with van der Waals surface area (Å²) in [4.78, 5) is 15.5. The highest BCUT2D eigenvalue weighted by Gasteiger charge is 2.17. The molecule has 0 N–H and O–H groups in total. The molecule has 3 nitrogen and oxygen atoms in total. The first-order chi connectivity index (χ1) is 8.18. The first-order valence-electron chi connectivity index (χ1n) is 6.73. The molecule has 0 atom stereocenters. The Bertz CT molecular complexity index is 407. The Labute approximate surface area is 103 Å². The molecule has 0 fully saturated rings. The molecule has 0 amide bonds. The smallest absolute Gasteiger partial charge is 0.129 e. The fourth-order valence-corrected chi connectivity index (χ4v) is 2.68. The number of carbonyl (C=O) groups excluding carboxylic acids is 1. The molecule has 1 aromatic heterocycles. The molecular formula is C14H22N2O. The van der Waals surface area contributed by atoms with Gasteiger partial charge in [-0.2, -0.15) is 0 Å². The highest BCUT2D eigenvalue weighted by molar-refractivity contribution is 5.75. The van der Waals surface area contributed by atoms with Crippen molar-refractivity contribution in [1.29, 1.82) is 0 Å². The van der Waals surface area contributed by atoms with Crippen molar-refractivity contribution in [3.63, 3.8) is 0 Å². The molecule has 0 aromatic carbocycles. The number of imidazole rings is 1. The van der Waals surface area contributed by atoms with E-state index in [1.165, 1.54) is 30.7 Å². The Morgan fingerprint density at radius 3 is 2.82 bits per heavy atom. The standard InChI is InChI=1S/C14H22N2O/c1-11(17)7-5-6-10-16-12(2)15-13-8-3-4-9-14(13)16/h3-10H2,1-2H3. The first-order valence-corrected chi connectivity index (χ1v) is 6.73. The number of nitrogens with zero attached hydrogens (tertiary/aromatic N) is 2. The van der Waals surface area contributed by atoms with Gasteiger partial charge in [-0.3, -0.25) is 0 Å². The van der Waals surface area contributed by atoms with Gasteiger partial charge in [-0.25, -0.2) is 4.98 Å². The molecule has 1 aromatic rings. The van der Waals surface area contributed by atoms with E-state index < -0.39 is 0 Å². The van der Waals surface area contributed by atoms with E-state index in [2.05, 4.69) is 16.5 Å². The fourth-order valence-electron chi connectivity index (χ4n) is 2.68. The Morgan fingerprint density at radius 2 is 2.06 bits per heavy atom. The fraction of sp³-hybridized carbons (Fsp3) is 0.714. The monoisotopic (exact) mass is 234 g/mol. The van der Waals surface area contributed by atoms with Crippen molar-refractivity contribution in [2.75, 3.05) is 0 Å². The van der Waals surface area contributed by atoms with Crippen LogP contribution in [0.15, 0.2) is 0 Å². The van der Waals surface area contributed by atoms with E-state index in [0.29, 0.717) is 5.78 Å². The quantitative estimate of drug-likeness (QED) is 0.734. The third kappa shape index (κ3) is 2.96. The Kier molecular flexibility index (Phi) is 3.97. The van der Waals surface area contributed by atoms with Gasteiger partial charge < -0.3 is 9.36 Å². The van der Waals surface area contributed by atoms with E-state index in [0.717, 1.165) is 38.1 Å². The van der Waals surface area contributed by atoms with E-state index >= 15 is 0 Å². The van der Waals surface area contributed by atoms with E-state index in [4.69, 9.17) is 0 Å². The number of carbonyl (C=O) groups is 1. The van der Waals surface area contributed by atoms with Crippen LogP contribution in [0.1, 0.15) is 56.2 Å². The first kappa shape index (κ1) is 12.3. The SMILES string of the molecule is CC(=O)CCCCn1c(C)nc2c1CCCC2. The highest BCUT2D eigenvalue weighted by Crippen LogP contribution is 2.22. The second kappa shape index (κ2) is 5.48. The van der Waals surface area contributed by atoms with Gasteiger partial charge >= 0.3 is 0 Å². The largest absolute Gasteiger partial charge is 0.332 e. The zero-order valence-electron chi connectivity index (χ0n) is 11.0. The van der Waals surface area contributed by atoms with Gasteiger partial charge in [0, 0.05) is 18.7 Å². The van der Waals surface area contributed by atoms with Gasteiger partial charge in [-0.05, 0) is 52.4 Å². The number of hydrogen-bond acceptors (Lipinski definition) is 2. The molecule has 0 aliphatic heterocycles. The minimum atomic E-state index is 0.300. The molecule has 0 saturated carbocycles. The van der Waals surface area contributed by atoms with Crippen LogP contribution in [0.25, 0.3) is 0 Å². The predicted molar refractivity (Wildman–Crippen MR) is 68.1 cm³/mol. The molecule has 94 valence electrons. The molecule has 3 heteroatoms. The Morgan fingerprint density at radius 1 is 1.29 bits per heavy atom. The zero-order chi connectivity index (χ0) is 12.3. The predicted octanol–water partition coefficient (Wildman–Crippen LogP) is 2.83. The summed E-state index contributed by atoms with van der Waals surface area (Å²) in [7, 11) is 0. The van der Waals surface area contributed by atoms with Crippen molar-refractivity contribution in [2.24, 2.45) is 0 Å². The minimum Gasteiger partial charge on any atom is -0.332 e. The van der Waals surface area contributed by atoms with Crippen LogP contribution < -0.4 is 0 Å². The average Bonchev–Trinajstić information content (AvgIpc) is 2.60. The molecule has 0 spiro atoms. The molecule has 0 radical (unpaired) electrons. The Balaban J connectivity index is 1.96. The third-order valence-corrected chi connectivity index (χ3v) is 3.58. The van der Waals surface area contributed by atoms with Crippen LogP contribution in [-0.4, -0.2) is 15.3 Å². The zero-order valence-corrected chi connectivity index (χ0v) is 11.0. The number of fused-ring (bicyclic) bond motifs is 1. The lowest BCUT2D eigenvalue weighted by Crippen LogP contribution is -2.09. The molecule has 1 aliphatic carbocycles. The number of hydrogen-bond donors (Lipinski definition) is 0. The normalized spacial score (nSPS) is 14.7. The van der Waals surface area contributed by atoms with Crippen LogP contribution in [0, 0.1) is 6.92 Å². The summed E-state index contributed by atoms with van der Waals surface area (Å²) in [6.07, 6.45) is 7.72. The van der Waals surface area contributed by atoms with Gasteiger partial charge in [-0.15, -0.1) is 0 Å². The number of ketones is 1. The molecular weight excluding hydrogens is 212 g/mol. The van der Waals surface area contributed by atoms with Crippen molar-refractivity contribution in [3.8, 4) is 0 Å². The Hall–Kier alpha value is -1.12. The van der Waals surface area contributed by atoms with Gasteiger partial charge in [0.05, 0.1) is 5.69 Å². The van der Waals surface area contributed by atoms with Crippen LogP contribution in [0.5, 0.6) is 0 Å². The van der Waals surface area contributed by atoms with Crippen LogP contribution in [0.4, 0.5) is 0 Å². The molecule has 17 heavy (non-hydrogen) atoms. The van der Waals surface area contributed by atoms with Gasteiger partial charge in [0.25, 0.3) is 0 Å². The van der Waals surface area contributed by atoms with E-state index in [1.54, 1.807) is 6.92 Å². The summed E-state index contributed by atoms with van der Waals surface area (Å²) >= 11 is 0. The highest BCUT2D eigenvalue weighted by atomic mass is 16.1. The molecule has 0 saturated heterocycles. The lowest BCUT2D eigenvalue weighted by Gasteiger charge is -2.14. The van der Waals surface area contributed by atoms with Crippen LogP contribution >= 0.6 is 0 Å². The second-order valence-electron chi connectivity index (χ2n) is 5.07. The van der Waals surface area contributed by atoms with Gasteiger partial charge in [0.1, 0.15) is 11.6 Å². The van der Waals surface area contributed by atoms with E-state index in [-0.39, 0.29) is 0 Å². The minimum absolute atomic E-state index is 0.300. The lowest BCUT2D eigenvalue weighted by molar-refractivity contribution is -0.117. The number of unbranched alkanes of at least 4 members (excludes halogenated alkanes) is 1. The van der Waals surface area contributed by atoms with E-state index in [1.807, 2.05) is 0 Å². The van der Waals surface area contributed by atoms with Gasteiger partial charge in [0.15, 0.2) is 0 Å². The maximum atomic E-state index is 10.9. The molecule has 1 aliphatic rings. The maximum Gasteiger partial charge on any atom is 0.129 e. The summed E-state index contributed by atoms with van der Waals surface area (Å²) < 4.78 is 2.37. The van der Waals surface area contributed by atoms with Crippen molar-refractivity contribution < 1.29 is 4.79 Å². The van der Waals surface area contributed by atoms with Gasteiger partial charge in [0.2, 0.25) is 0 Å². The van der Waals surface area contributed by atoms with E-state index in [9.17, 15) is 4.79 Å². The average molecular weight is 234 g/mol. The van der Waals surface area contributed by atoms with Crippen LogP contribution in [0.2, 0.25) is 0 Å². The number of rotatable bonds is 5. The summed E-state index contributed by atoms with van der Waals surface area (Å²) in [5.74, 6) is 1.45. The second-order valence-corrected chi connectivity index (χ2v) is 5.07. The van der Waals surface area contributed by atoms with Gasteiger partial charge in [-0.1, -0.05) is 0 Å². The van der Waals surface area contributed by atoms with Crippen molar-refractivity contribution in [2.45, 2.75) is 65.3 Å². The van der Waals surface area contributed by atoms with Crippen LogP contribution in [-0.2, 0) is 24.2 Å². The maximum absolute atomic E-state index is 10.9. The molecule has 2 rings (SSSR count). The third-order valence-electron chi connectivity index (χ3n) is 3.58. The number of aromatic nitrogens is 2. The summed E-state index contributed by atoms with van der Waals surface area (Å²) in [5.41, 5.74) is 2.77.